The number of rotatable bonds is 23. The van der Waals surface area contributed by atoms with E-state index in [9.17, 15) is 41.7 Å². The average molecular weight is 723 g/mol. The second kappa shape index (κ2) is 23.9. The van der Waals surface area contributed by atoms with E-state index >= 15 is 0 Å². The fourth-order valence-electron chi connectivity index (χ4n) is 4.72. The largest absolute Gasteiger partial charge is 1.00 e. The first-order valence-corrected chi connectivity index (χ1v) is 16.1. The molecule has 0 aliphatic rings. The monoisotopic (exact) mass is 722 g/mol. The number of carbonyl (C=O) groups is 6. The van der Waals surface area contributed by atoms with Crippen molar-refractivity contribution < 1.29 is 109 Å². The molecule has 0 bridgehead atoms. The Morgan fingerprint density at radius 1 is 0.562 bits per heavy atom. The van der Waals surface area contributed by atoms with Crippen LogP contribution < -0.4 is 29.6 Å². The number of hydrogen-bond acceptors (Lipinski definition) is 17. The van der Waals surface area contributed by atoms with Crippen molar-refractivity contribution in [3.05, 3.63) is 0 Å². The van der Waals surface area contributed by atoms with Gasteiger partial charge in [-0.05, 0) is 13.8 Å². The molecule has 0 aromatic heterocycles. The predicted octanol–water partition coefficient (Wildman–Crippen LogP) is -1.18. The van der Waals surface area contributed by atoms with Crippen molar-refractivity contribution in [2.75, 3.05) is 19.8 Å². The Kier molecular flexibility index (Phi) is 23.8. The van der Waals surface area contributed by atoms with Crippen LogP contribution in [0.15, 0.2) is 0 Å². The van der Waals surface area contributed by atoms with E-state index in [1.807, 2.05) is 0 Å². The van der Waals surface area contributed by atoms with Crippen molar-refractivity contribution in [2.24, 2.45) is 0 Å². The topological polar surface area (TPSA) is 233 Å². The molecule has 0 aliphatic heterocycles. The van der Waals surface area contributed by atoms with Gasteiger partial charge in [-0.3, -0.25) is 33.0 Å². The second-order valence-corrected chi connectivity index (χ2v) is 12.3. The van der Waals surface area contributed by atoms with Gasteiger partial charge >= 0.3 is 65.4 Å². The molecule has 48 heavy (non-hydrogen) atoms. The Bertz CT molecular complexity index is 1160. The van der Waals surface area contributed by atoms with E-state index in [1.165, 1.54) is 20.8 Å². The first-order valence-electron chi connectivity index (χ1n) is 14.8. The molecule has 272 valence electrons. The molecule has 0 rings (SSSR count). The van der Waals surface area contributed by atoms with Crippen molar-refractivity contribution in [1.82, 2.24) is 0 Å². The summed E-state index contributed by atoms with van der Waals surface area (Å²) in [5.41, 5.74) is -1.05. The van der Waals surface area contributed by atoms with Crippen LogP contribution in [0.2, 0.25) is 0 Å². The zero-order chi connectivity index (χ0) is 36.4. The molecule has 0 N–H and O–H groups in total. The molecule has 0 amide bonds. The molecule has 0 spiro atoms. The Balaban J connectivity index is 0. The van der Waals surface area contributed by atoms with Gasteiger partial charge in [0.1, 0.15) is 30.5 Å². The molecular formula is C29H47NaO17S. The van der Waals surface area contributed by atoms with Crippen LogP contribution in [0.25, 0.3) is 0 Å². The van der Waals surface area contributed by atoms with E-state index in [4.69, 9.17) is 33.2 Å². The van der Waals surface area contributed by atoms with E-state index in [1.54, 1.807) is 13.8 Å². The van der Waals surface area contributed by atoms with E-state index in [0.29, 0.717) is 0 Å². The minimum atomic E-state index is -4.92. The molecular weight excluding hydrogens is 675 g/mol. The summed E-state index contributed by atoms with van der Waals surface area (Å²) in [5.74, 6) is -3.90. The van der Waals surface area contributed by atoms with Gasteiger partial charge in [0.2, 0.25) is 10.4 Å². The van der Waals surface area contributed by atoms with Crippen LogP contribution in [0.1, 0.15) is 93.9 Å². The molecule has 0 saturated carbocycles. The standard InChI is InChI=1S/C29H48O17S.Na/c1-18(30)39-10-9-24(42-19(2)31)13-25(43-20(3)32)14-26(44-21(4)33)15-27(45-22(5)34)16-28(46-23(6)35)17-29(7,8)40-11-12-41-47(36,37)38;/h24-28H,9-17H2,1-8H3,(H,36,37,38);/q;+1/p-1. The summed E-state index contributed by atoms with van der Waals surface area (Å²) in [5, 5.41) is 0. The summed E-state index contributed by atoms with van der Waals surface area (Å²) < 4.78 is 73.9. The maximum Gasteiger partial charge on any atom is 1.00 e. The van der Waals surface area contributed by atoms with E-state index in [-0.39, 0.29) is 81.3 Å². The normalized spacial score (nSPS) is 14.5. The zero-order valence-corrected chi connectivity index (χ0v) is 31.9. The molecule has 0 heterocycles. The number of ether oxygens (including phenoxy) is 7. The van der Waals surface area contributed by atoms with Crippen molar-refractivity contribution >= 4 is 46.2 Å². The molecule has 0 fully saturated rings. The van der Waals surface area contributed by atoms with Gasteiger partial charge in [-0.2, -0.15) is 0 Å². The van der Waals surface area contributed by atoms with E-state index < -0.39 is 88.9 Å². The quantitative estimate of drug-likeness (QED) is 0.0302. The summed E-state index contributed by atoms with van der Waals surface area (Å²) in [7, 11) is -4.92. The van der Waals surface area contributed by atoms with Crippen molar-refractivity contribution in [2.45, 2.75) is 130 Å². The van der Waals surface area contributed by atoms with Gasteiger partial charge in [-0.25, -0.2) is 8.42 Å². The van der Waals surface area contributed by atoms with Gasteiger partial charge < -0.3 is 37.7 Å². The molecule has 0 saturated heterocycles. The van der Waals surface area contributed by atoms with Gasteiger partial charge in [0.25, 0.3) is 0 Å². The van der Waals surface area contributed by atoms with Crippen LogP contribution in [0.3, 0.4) is 0 Å². The molecule has 17 nitrogen and oxygen atoms in total. The molecule has 0 aliphatic carbocycles. The van der Waals surface area contributed by atoms with Crippen molar-refractivity contribution in [1.29, 1.82) is 0 Å². The van der Waals surface area contributed by atoms with Gasteiger partial charge in [0.05, 0.1) is 25.4 Å². The minimum absolute atomic E-state index is 0. The van der Waals surface area contributed by atoms with Crippen LogP contribution in [0.5, 0.6) is 0 Å². The number of hydrogen-bond donors (Lipinski definition) is 0. The smallest absolute Gasteiger partial charge is 0.726 e. The third-order valence-corrected chi connectivity index (χ3v) is 6.49. The molecule has 19 heteroatoms. The SMILES string of the molecule is CC(=O)OCCC(CC(CC(CC(CC(CC(C)(C)OCCOS(=O)(=O)[O-])OC(C)=O)OC(C)=O)OC(C)=O)OC(C)=O)OC(C)=O.[Na+]. The third kappa shape index (κ3) is 27.6. The van der Waals surface area contributed by atoms with E-state index in [0.717, 1.165) is 20.8 Å². The molecule has 0 aromatic rings. The van der Waals surface area contributed by atoms with Crippen LogP contribution in [0.4, 0.5) is 0 Å². The fraction of sp³-hybridized carbons (Fsp3) is 0.793. The Hall–Kier alpha value is -2.35. The zero-order valence-electron chi connectivity index (χ0n) is 29.1. The average Bonchev–Trinajstić information content (AvgIpc) is 2.83. The van der Waals surface area contributed by atoms with Gasteiger partial charge in [-0.1, -0.05) is 0 Å². The summed E-state index contributed by atoms with van der Waals surface area (Å²) in [6, 6.07) is 0. The first-order chi connectivity index (χ1) is 21.6. The predicted molar refractivity (Wildman–Crippen MR) is 158 cm³/mol. The minimum Gasteiger partial charge on any atom is -0.726 e. The van der Waals surface area contributed by atoms with Crippen molar-refractivity contribution in [3.63, 3.8) is 0 Å². The third-order valence-electron chi connectivity index (χ3n) is 6.03. The second-order valence-electron chi connectivity index (χ2n) is 11.3. The van der Waals surface area contributed by atoms with Crippen LogP contribution in [0, 0.1) is 0 Å². The van der Waals surface area contributed by atoms with Gasteiger partial charge in [-0.15, -0.1) is 0 Å². The van der Waals surface area contributed by atoms with Crippen LogP contribution >= 0.6 is 0 Å². The molecule has 0 aromatic carbocycles. The fourth-order valence-corrected chi connectivity index (χ4v) is 4.99. The van der Waals surface area contributed by atoms with Gasteiger partial charge in [0, 0.05) is 80.1 Å². The first kappa shape index (κ1) is 47.8. The summed E-state index contributed by atoms with van der Waals surface area (Å²) in [4.78, 5) is 71.0. The Morgan fingerprint density at radius 3 is 1.29 bits per heavy atom. The summed E-state index contributed by atoms with van der Waals surface area (Å²) in [6.45, 7) is 9.35. The Labute approximate surface area is 303 Å². The molecule has 0 radical (unpaired) electrons. The maximum absolute atomic E-state index is 12.1. The Morgan fingerprint density at radius 2 is 0.917 bits per heavy atom. The van der Waals surface area contributed by atoms with E-state index in [2.05, 4.69) is 4.18 Å². The summed E-state index contributed by atoms with van der Waals surface area (Å²) in [6.07, 6.45) is -5.01. The van der Waals surface area contributed by atoms with Crippen molar-refractivity contribution in [3.8, 4) is 0 Å². The molecule has 5 atom stereocenters. The number of esters is 6. The number of carbonyl (C=O) groups excluding carboxylic acids is 6. The maximum atomic E-state index is 12.1. The molecule has 5 unspecified atom stereocenters. The van der Waals surface area contributed by atoms with Crippen LogP contribution in [-0.4, -0.2) is 105 Å². The van der Waals surface area contributed by atoms with Crippen LogP contribution in [-0.2, 0) is 76.5 Å². The summed E-state index contributed by atoms with van der Waals surface area (Å²) >= 11 is 0. The van der Waals surface area contributed by atoms with Gasteiger partial charge in [0.15, 0.2) is 0 Å².